The average molecular weight is 293 g/mol. The third kappa shape index (κ3) is 4.58. The molecule has 0 aliphatic heterocycles. The van der Waals surface area contributed by atoms with Crippen molar-refractivity contribution in [3.8, 4) is 5.75 Å². The van der Waals surface area contributed by atoms with Gasteiger partial charge in [-0.2, -0.15) is 0 Å². The Balaban J connectivity index is 1.79. The van der Waals surface area contributed by atoms with Gasteiger partial charge in [0.2, 0.25) is 5.16 Å². The second kappa shape index (κ2) is 7.54. The summed E-state index contributed by atoms with van der Waals surface area (Å²) in [4.78, 5) is 15.4. The van der Waals surface area contributed by atoms with Crippen LogP contribution in [-0.2, 0) is 16.1 Å². The Morgan fingerprint density at radius 3 is 2.90 bits per heavy atom. The molecule has 1 aromatic heterocycles. The molecule has 0 fully saturated rings. The second-order valence-corrected chi connectivity index (χ2v) is 4.70. The second-order valence-electron chi connectivity index (χ2n) is 3.76. The van der Waals surface area contributed by atoms with Gasteiger partial charge in [-0.1, -0.05) is 30.0 Å². The van der Waals surface area contributed by atoms with Crippen LogP contribution in [0.2, 0.25) is 0 Å². The molecule has 1 N–H and O–H groups in total. The Morgan fingerprint density at radius 1 is 1.35 bits per heavy atom. The number of nitrogens with one attached hydrogen (secondary N) is 1. The van der Waals surface area contributed by atoms with Crippen molar-refractivity contribution in [1.29, 1.82) is 0 Å². The molecule has 2 rings (SSSR count). The molecule has 1 heterocycles. The van der Waals surface area contributed by atoms with Crippen molar-refractivity contribution in [2.45, 2.75) is 18.7 Å². The number of hydrogen-bond acceptors (Lipinski definition) is 6. The fourth-order valence-corrected chi connectivity index (χ4v) is 2.02. The van der Waals surface area contributed by atoms with Crippen molar-refractivity contribution < 1.29 is 14.3 Å². The summed E-state index contributed by atoms with van der Waals surface area (Å²) in [5, 5.41) is 7.28. The van der Waals surface area contributed by atoms with Crippen LogP contribution in [0.25, 0.3) is 0 Å². The number of para-hydroxylation sites is 1. The minimum absolute atomic E-state index is 0.199. The van der Waals surface area contributed by atoms with Gasteiger partial charge < -0.3 is 9.47 Å². The van der Waals surface area contributed by atoms with Gasteiger partial charge in [0.25, 0.3) is 0 Å². The van der Waals surface area contributed by atoms with Gasteiger partial charge in [-0.25, -0.2) is 4.98 Å². The summed E-state index contributed by atoms with van der Waals surface area (Å²) in [5.41, 5.74) is 0. The first-order valence-corrected chi connectivity index (χ1v) is 7.14. The zero-order chi connectivity index (χ0) is 14.2. The number of thioether (sulfide) groups is 1. The lowest BCUT2D eigenvalue weighted by atomic mass is 10.3. The van der Waals surface area contributed by atoms with Crippen LogP contribution in [0.15, 0.2) is 35.5 Å². The maximum atomic E-state index is 11.2. The van der Waals surface area contributed by atoms with E-state index in [1.807, 2.05) is 30.3 Å². The van der Waals surface area contributed by atoms with Gasteiger partial charge in [-0.15, -0.1) is 5.10 Å². The number of hydrogen-bond donors (Lipinski definition) is 1. The molecule has 0 atom stereocenters. The third-order valence-corrected chi connectivity index (χ3v) is 3.08. The number of carbonyl (C=O) groups is 1. The summed E-state index contributed by atoms with van der Waals surface area (Å²) in [6.45, 7) is 2.45. The fourth-order valence-electron chi connectivity index (χ4n) is 1.40. The number of rotatable bonds is 7. The minimum atomic E-state index is -0.274. The Hall–Kier alpha value is -2.02. The van der Waals surface area contributed by atoms with E-state index in [4.69, 9.17) is 9.47 Å². The Kier molecular flexibility index (Phi) is 5.43. The SMILES string of the molecule is CCOC(=O)CSc1n[nH]c(COc2ccccc2)n1. The van der Waals surface area contributed by atoms with Gasteiger partial charge in [0.1, 0.15) is 12.4 Å². The summed E-state index contributed by atoms with van der Waals surface area (Å²) in [5.74, 6) is 1.30. The predicted molar refractivity (Wildman–Crippen MR) is 74.5 cm³/mol. The highest BCUT2D eigenvalue weighted by Gasteiger charge is 2.08. The molecule has 0 unspecified atom stereocenters. The molecular formula is C13H15N3O3S. The fraction of sp³-hybridized carbons (Fsp3) is 0.308. The van der Waals surface area contributed by atoms with E-state index in [9.17, 15) is 4.79 Å². The lowest BCUT2D eigenvalue weighted by molar-refractivity contribution is -0.139. The van der Waals surface area contributed by atoms with Crippen LogP contribution in [0.3, 0.4) is 0 Å². The van der Waals surface area contributed by atoms with Crippen molar-refractivity contribution in [3.63, 3.8) is 0 Å². The number of carbonyl (C=O) groups excluding carboxylic acids is 1. The van der Waals surface area contributed by atoms with Gasteiger partial charge in [0, 0.05) is 0 Å². The molecule has 0 aliphatic carbocycles. The first-order valence-electron chi connectivity index (χ1n) is 6.15. The lowest BCUT2D eigenvalue weighted by Crippen LogP contribution is -2.06. The van der Waals surface area contributed by atoms with E-state index in [0.29, 0.717) is 24.2 Å². The van der Waals surface area contributed by atoms with Gasteiger partial charge in [-0.05, 0) is 19.1 Å². The Bertz CT molecular complexity index is 545. The topological polar surface area (TPSA) is 77.1 Å². The zero-order valence-corrected chi connectivity index (χ0v) is 11.9. The third-order valence-electron chi connectivity index (χ3n) is 2.25. The standard InChI is InChI=1S/C13H15N3O3S/c1-2-18-12(17)9-20-13-14-11(15-16-13)8-19-10-6-4-3-5-7-10/h3-7H,2,8-9H2,1H3,(H,14,15,16). The van der Waals surface area contributed by atoms with Crippen molar-refractivity contribution in [2.24, 2.45) is 0 Å². The summed E-state index contributed by atoms with van der Waals surface area (Å²) >= 11 is 1.23. The Labute approximate surface area is 120 Å². The Morgan fingerprint density at radius 2 is 2.15 bits per heavy atom. The summed E-state index contributed by atoms with van der Waals surface area (Å²) in [6, 6.07) is 9.46. The average Bonchev–Trinajstić information content (AvgIpc) is 2.92. The van der Waals surface area contributed by atoms with Crippen LogP contribution < -0.4 is 4.74 Å². The molecule has 7 heteroatoms. The quantitative estimate of drug-likeness (QED) is 0.622. The number of ether oxygens (including phenoxy) is 2. The molecule has 1 aromatic carbocycles. The van der Waals surface area contributed by atoms with E-state index >= 15 is 0 Å². The molecule has 0 bridgehead atoms. The van der Waals surface area contributed by atoms with Crippen LogP contribution in [0.5, 0.6) is 5.75 Å². The van der Waals surface area contributed by atoms with Crippen LogP contribution in [0.4, 0.5) is 0 Å². The highest BCUT2D eigenvalue weighted by atomic mass is 32.2. The smallest absolute Gasteiger partial charge is 0.316 e. The van der Waals surface area contributed by atoms with Crippen molar-refractivity contribution >= 4 is 17.7 Å². The maximum absolute atomic E-state index is 11.2. The number of nitrogens with zero attached hydrogens (tertiary/aromatic N) is 2. The molecule has 20 heavy (non-hydrogen) atoms. The predicted octanol–water partition coefficient (Wildman–Crippen LogP) is 2.04. The van der Waals surface area contributed by atoms with Crippen molar-refractivity contribution in [1.82, 2.24) is 15.2 Å². The summed E-state index contributed by atoms with van der Waals surface area (Å²) < 4.78 is 10.4. The van der Waals surface area contributed by atoms with Gasteiger partial charge in [0.05, 0.1) is 12.4 Å². The molecule has 0 saturated heterocycles. The van der Waals surface area contributed by atoms with E-state index in [1.165, 1.54) is 11.8 Å². The first-order chi connectivity index (χ1) is 9.78. The highest BCUT2D eigenvalue weighted by molar-refractivity contribution is 7.99. The van der Waals surface area contributed by atoms with Crippen LogP contribution in [0, 0.1) is 0 Å². The summed E-state index contributed by atoms with van der Waals surface area (Å²) in [7, 11) is 0. The monoisotopic (exact) mass is 293 g/mol. The normalized spacial score (nSPS) is 10.2. The minimum Gasteiger partial charge on any atom is -0.486 e. The number of aromatic amines is 1. The molecule has 0 spiro atoms. The summed E-state index contributed by atoms with van der Waals surface area (Å²) in [6.07, 6.45) is 0. The number of benzene rings is 1. The van der Waals surface area contributed by atoms with Crippen molar-refractivity contribution in [3.05, 3.63) is 36.2 Å². The first kappa shape index (κ1) is 14.4. The van der Waals surface area contributed by atoms with E-state index < -0.39 is 0 Å². The molecule has 0 saturated carbocycles. The van der Waals surface area contributed by atoms with Crippen LogP contribution in [0.1, 0.15) is 12.7 Å². The molecule has 0 aliphatic rings. The van der Waals surface area contributed by atoms with E-state index in [2.05, 4.69) is 15.2 Å². The number of esters is 1. The largest absolute Gasteiger partial charge is 0.486 e. The van der Waals surface area contributed by atoms with Gasteiger partial charge in [0.15, 0.2) is 5.82 Å². The molecular weight excluding hydrogens is 278 g/mol. The zero-order valence-electron chi connectivity index (χ0n) is 11.0. The van der Waals surface area contributed by atoms with E-state index in [0.717, 1.165) is 5.75 Å². The van der Waals surface area contributed by atoms with E-state index in [-0.39, 0.29) is 11.7 Å². The lowest BCUT2D eigenvalue weighted by Gasteiger charge is -2.02. The van der Waals surface area contributed by atoms with Crippen LogP contribution in [-0.4, -0.2) is 33.5 Å². The molecule has 6 nitrogen and oxygen atoms in total. The molecule has 106 valence electrons. The molecule has 0 amide bonds. The number of H-pyrrole nitrogens is 1. The highest BCUT2D eigenvalue weighted by Crippen LogP contribution is 2.14. The maximum Gasteiger partial charge on any atom is 0.316 e. The van der Waals surface area contributed by atoms with E-state index in [1.54, 1.807) is 6.92 Å². The number of aromatic nitrogens is 3. The van der Waals surface area contributed by atoms with Crippen molar-refractivity contribution in [2.75, 3.05) is 12.4 Å². The molecule has 0 radical (unpaired) electrons. The molecule has 2 aromatic rings. The van der Waals surface area contributed by atoms with Crippen LogP contribution >= 0.6 is 11.8 Å². The van der Waals surface area contributed by atoms with Gasteiger partial charge in [-0.3, -0.25) is 9.89 Å². The van der Waals surface area contributed by atoms with Gasteiger partial charge >= 0.3 is 5.97 Å².